The molecule has 2 aromatic heterocycles. The van der Waals surface area contributed by atoms with Crippen LogP contribution in [-0.4, -0.2) is 45.6 Å². The number of nitrogens with zero attached hydrogens (tertiary/aromatic N) is 3. The first kappa shape index (κ1) is 20.1. The summed E-state index contributed by atoms with van der Waals surface area (Å²) in [7, 11) is 0. The van der Waals surface area contributed by atoms with Crippen molar-refractivity contribution in [1.29, 1.82) is 0 Å². The molecule has 0 bridgehead atoms. The van der Waals surface area contributed by atoms with Gasteiger partial charge in [0.05, 0.1) is 22.8 Å². The maximum absolute atomic E-state index is 13.0. The monoisotopic (exact) mass is 426 g/mol. The molecule has 0 fully saturated rings. The highest BCUT2D eigenvalue weighted by atomic mass is 35.5. The second kappa shape index (κ2) is 8.29. The highest BCUT2D eigenvalue weighted by Crippen LogP contribution is 2.37. The zero-order valence-electron chi connectivity index (χ0n) is 16.7. The molecule has 6 N–H and O–H groups in total. The van der Waals surface area contributed by atoms with Crippen LogP contribution in [0.3, 0.4) is 0 Å². The quantitative estimate of drug-likeness (QED) is 0.399. The second-order valence-electron chi connectivity index (χ2n) is 7.08. The molecule has 0 aliphatic carbocycles. The van der Waals surface area contributed by atoms with E-state index >= 15 is 0 Å². The van der Waals surface area contributed by atoms with E-state index in [1.54, 1.807) is 19.3 Å². The van der Waals surface area contributed by atoms with Gasteiger partial charge in [-0.2, -0.15) is 10.2 Å². The van der Waals surface area contributed by atoms with Crippen LogP contribution in [0.5, 0.6) is 0 Å². The standard InChI is InChI=1S/C20H23ClN8O/c1-3-24-19-16(18(22)28-29-19)20(30)26-10(2)12-8-14(21)13-9-25-27-17(13)15(12)11-4-6-23-7-5-11/h3-4,8-10,23H,5-7H2,1-2H3,(H,25,27)(H,26,30)(H3,22,28,29). The van der Waals surface area contributed by atoms with Crippen LogP contribution in [0.4, 0.5) is 11.6 Å². The van der Waals surface area contributed by atoms with Crippen LogP contribution in [0.2, 0.25) is 5.02 Å². The number of nitrogens with two attached hydrogens (primary N) is 1. The average molecular weight is 427 g/mol. The second-order valence-corrected chi connectivity index (χ2v) is 7.49. The van der Waals surface area contributed by atoms with Gasteiger partial charge in [-0.25, -0.2) is 4.99 Å². The summed E-state index contributed by atoms with van der Waals surface area (Å²) in [5.41, 5.74) is 10.1. The number of fused-ring (bicyclic) bond motifs is 1. The maximum atomic E-state index is 13.0. The number of anilines is 1. The number of H-pyrrole nitrogens is 2. The van der Waals surface area contributed by atoms with Gasteiger partial charge in [-0.05, 0) is 44.0 Å². The van der Waals surface area contributed by atoms with Gasteiger partial charge in [0.2, 0.25) is 0 Å². The third kappa shape index (κ3) is 3.57. The van der Waals surface area contributed by atoms with Gasteiger partial charge < -0.3 is 16.4 Å². The van der Waals surface area contributed by atoms with Crippen LogP contribution in [0.15, 0.2) is 23.3 Å². The Labute approximate surface area is 178 Å². The lowest BCUT2D eigenvalue weighted by molar-refractivity contribution is 0.0941. The summed E-state index contributed by atoms with van der Waals surface area (Å²) >= 11 is 6.53. The highest BCUT2D eigenvalue weighted by molar-refractivity contribution is 6.35. The molecule has 4 rings (SSSR count). The third-order valence-electron chi connectivity index (χ3n) is 5.17. The van der Waals surface area contributed by atoms with Gasteiger partial charge in [0.25, 0.3) is 5.91 Å². The van der Waals surface area contributed by atoms with Gasteiger partial charge in [-0.1, -0.05) is 17.7 Å². The first-order chi connectivity index (χ1) is 14.5. The fourth-order valence-electron chi connectivity index (χ4n) is 3.76. The zero-order valence-corrected chi connectivity index (χ0v) is 17.5. The first-order valence-electron chi connectivity index (χ1n) is 9.70. The SMILES string of the molecule is CC=Nc1n[nH]c(N)c1C(=O)NC(C)c1cc(Cl)c2cn[nH]c2c1C1=CCNCC1. The van der Waals surface area contributed by atoms with Gasteiger partial charge in [0.15, 0.2) is 5.82 Å². The summed E-state index contributed by atoms with van der Waals surface area (Å²) in [6, 6.07) is 1.55. The van der Waals surface area contributed by atoms with Crippen LogP contribution >= 0.6 is 11.6 Å². The zero-order chi connectivity index (χ0) is 21.3. The van der Waals surface area contributed by atoms with Gasteiger partial charge in [-0.15, -0.1) is 0 Å². The van der Waals surface area contributed by atoms with Crippen LogP contribution in [-0.2, 0) is 0 Å². The van der Waals surface area contributed by atoms with Crippen molar-refractivity contribution >= 4 is 51.8 Å². The minimum absolute atomic E-state index is 0.170. The summed E-state index contributed by atoms with van der Waals surface area (Å²) < 4.78 is 0. The van der Waals surface area contributed by atoms with Gasteiger partial charge in [-0.3, -0.25) is 15.0 Å². The van der Waals surface area contributed by atoms with Crippen molar-refractivity contribution < 1.29 is 4.79 Å². The third-order valence-corrected chi connectivity index (χ3v) is 5.48. The molecular formula is C20H23ClN8O. The Bertz CT molecular complexity index is 1160. The number of halogens is 1. The molecule has 0 saturated heterocycles. The summed E-state index contributed by atoms with van der Waals surface area (Å²) in [6.07, 6.45) is 6.31. The van der Waals surface area contributed by atoms with E-state index in [1.807, 2.05) is 13.0 Å². The summed E-state index contributed by atoms with van der Waals surface area (Å²) in [4.78, 5) is 17.1. The van der Waals surface area contributed by atoms with E-state index in [2.05, 4.69) is 42.1 Å². The number of rotatable bonds is 5. The Morgan fingerprint density at radius 2 is 2.27 bits per heavy atom. The normalized spacial score (nSPS) is 15.5. The lowest BCUT2D eigenvalue weighted by Crippen LogP contribution is -2.28. The van der Waals surface area contributed by atoms with Gasteiger partial charge in [0.1, 0.15) is 11.4 Å². The molecule has 156 valence electrons. The molecule has 1 aromatic carbocycles. The molecule has 1 aliphatic heterocycles. The molecule has 0 spiro atoms. The number of aliphatic imine (C=N–C) groups is 1. The van der Waals surface area contributed by atoms with E-state index in [0.29, 0.717) is 5.02 Å². The molecule has 1 aliphatic rings. The number of aromatic amines is 2. The van der Waals surface area contributed by atoms with Crippen LogP contribution < -0.4 is 16.4 Å². The lowest BCUT2D eigenvalue weighted by Gasteiger charge is -2.23. The molecule has 10 heteroatoms. The van der Waals surface area contributed by atoms with Crippen molar-refractivity contribution in [3.63, 3.8) is 0 Å². The summed E-state index contributed by atoms with van der Waals surface area (Å²) in [5.74, 6) is 0.0621. The average Bonchev–Trinajstić information content (AvgIpc) is 3.36. The topological polar surface area (TPSA) is 137 Å². The molecular weight excluding hydrogens is 404 g/mol. The van der Waals surface area contributed by atoms with Crippen molar-refractivity contribution in [3.05, 3.63) is 40.1 Å². The van der Waals surface area contributed by atoms with Crippen molar-refractivity contribution in [2.24, 2.45) is 4.99 Å². The Morgan fingerprint density at radius 1 is 1.43 bits per heavy atom. The van der Waals surface area contributed by atoms with Crippen LogP contribution in [0.1, 0.15) is 47.8 Å². The fourth-order valence-corrected chi connectivity index (χ4v) is 4.02. The number of carbonyl (C=O) groups excluding carboxylic acids is 1. The maximum Gasteiger partial charge on any atom is 0.259 e. The molecule has 1 atom stereocenters. The number of carbonyl (C=O) groups is 1. The van der Waals surface area contributed by atoms with E-state index in [-0.39, 0.29) is 29.1 Å². The number of benzene rings is 1. The number of aromatic nitrogens is 4. The smallest absolute Gasteiger partial charge is 0.259 e. The Morgan fingerprint density at radius 3 is 3.00 bits per heavy atom. The number of hydrogen-bond donors (Lipinski definition) is 5. The Hall–Kier alpha value is -3.17. The van der Waals surface area contributed by atoms with Gasteiger partial charge in [0, 0.05) is 23.7 Å². The molecule has 30 heavy (non-hydrogen) atoms. The van der Waals surface area contributed by atoms with Gasteiger partial charge >= 0.3 is 0 Å². The predicted molar refractivity (Wildman–Crippen MR) is 119 cm³/mol. The van der Waals surface area contributed by atoms with Crippen molar-refractivity contribution in [1.82, 2.24) is 31.0 Å². The lowest BCUT2D eigenvalue weighted by atomic mass is 9.90. The fraction of sp³-hybridized carbons (Fsp3) is 0.300. The molecule has 3 aromatic rings. The summed E-state index contributed by atoms with van der Waals surface area (Å²) in [5, 5.41) is 21.6. The molecule has 0 saturated carbocycles. The number of nitrogen functional groups attached to an aromatic ring is 1. The first-order valence-corrected chi connectivity index (χ1v) is 10.1. The number of amides is 1. The van der Waals surface area contributed by atoms with Crippen molar-refractivity contribution in [2.45, 2.75) is 26.3 Å². The molecule has 1 unspecified atom stereocenters. The predicted octanol–water partition coefficient (Wildman–Crippen LogP) is 3.11. The molecule has 1 amide bonds. The summed E-state index contributed by atoms with van der Waals surface area (Å²) in [6.45, 7) is 5.33. The van der Waals surface area contributed by atoms with E-state index in [4.69, 9.17) is 17.3 Å². The highest BCUT2D eigenvalue weighted by Gasteiger charge is 2.25. The van der Waals surface area contributed by atoms with E-state index in [9.17, 15) is 4.79 Å². The van der Waals surface area contributed by atoms with Crippen LogP contribution in [0, 0.1) is 0 Å². The van der Waals surface area contributed by atoms with Crippen molar-refractivity contribution in [2.75, 3.05) is 18.8 Å². The number of hydrogen-bond acceptors (Lipinski definition) is 6. The Balaban J connectivity index is 1.75. The minimum atomic E-state index is -0.361. The number of nitrogens with one attached hydrogen (secondary N) is 4. The minimum Gasteiger partial charge on any atom is -0.383 e. The molecule has 3 heterocycles. The van der Waals surface area contributed by atoms with E-state index in [0.717, 1.165) is 41.5 Å². The van der Waals surface area contributed by atoms with E-state index in [1.165, 1.54) is 5.57 Å². The van der Waals surface area contributed by atoms with Crippen molar-refractivity contribution in [3.8, 4) is 0 Å². The van der Waals surface area contributed by atoms with Crippen LogP contribution in [0.25, 0.3) is 16.5 Å². The molecule has 0 radical (unpaired) electrons. The Kier molecular flexibility index (Phi) is 5.56. The largest absolute Gasteiger partial charge is 0.383 e. The molecule has 9 nitrogen and oxygen atoms in total. The van der Waals surface area contributed by atoms with E-state index < -0.39 is 0 Å².